The van der Waals surface area contributed by atoms with E-state index in [-0.39, 0.29) is 11.8 Å². The number of ether oxygens (including phenoxy) is 2. The lowest BCUT2D eigenvalue weighted by Crippen LogP contribution is -2.47. The first-order valence-corrected chi connectivity index (χ1v) is 11.2. The molecule has 0 radical (unpaired) electrons. The van der Waals surface area contributed by atoms with Gasteiger partial charge in [-0.25, -0.2) is 0 Å². The van der Waals surface area contributed by atoms with E-state index in [2.05, 4.69) is 12.2 Å². The number of unbranched alkanes of at least 4 members (excludes halogenated alkanes) is 1. The Hall–Kier alpha value is -3.02. The van der Waals surface area contributed by atoms with Gasteiger partial charge in [0.05, 0.1) is 14.2 Å². The zero-order valence-electron chi connectivity index (χ0n) is 19.9. The summed E-state index contributed by atoms with van der Waals surface area (Å²) in [6.45, 7) is 6.92. The van der Waals surface area contributed by atoms with Crippen LogP contribution in [-0.2, 0) is 22.6 Å². The first kappa shape index (κ1) is 25.2. The third-order valence-electron chi connectivity index (χ3n) is 5.55. The zero-order valence-corrected chi connectivity index (χ0v) is 19.9. The molecule has 0 aromatic heterocycles. The highest BCUT2D eigenvalue weighted by molar-refractivity contribution is 5.87. The minimum atomic E-state index is -0.550. The average molecular weight is 441 g/mol. The molecule has 0 bridgehead atoms. The van der Waals surface area contributed by atoms with Gasteiger partial charge in [0.1, 0.15) is 6.04 Å². The smallest absolute Gasteiger partial charge is 0.242 e. The number of hydrogen-bond donors (Lipinski definition) is 1. The van der Waals surface area contributed by atoms with Crippen molar-refractivity contribution in [3.05, 3.63) is 59.2 Å². The molecule has 0 unspecified atom stereocenters. The number of nitrogens with one attached hydrogen (secondary N) is 1. The molecule has 0 aliphatic heterocycles. The van der Waals surface area contributed by atoms with E-state index in [1.54, 1.807) is 26.0 Å². The topological polar surface area (TPSA) is 67.9 Å². The molecule has 6 heteroatoms. The summed E-state index contributed by atoms with van der Waals surface area (Å²) in [7, 11) is 3.19. The van der Waals surface area contributed by atoms with Crippen molar-refractivity contribution in [2.75, 3.05) is 20.8 Å². The van der Waals surface area contributed by atoms with Crippen molar-refractivity contribution in [1.82, 2.24) is 10.2 Å². The Morgan fingerprint density at radius 3 is 2.28 bits per heavy atom. The fourth-order valence-electron chi connectivity index (χ4n) is 3.44. The van der Waals surface area contributed by atoms with E-state index in [0.717, 1.165) is 29.5 Å². The standard InChI is InChI=1S/C26H36N2O4/c1-6-7-16-27-26(30)20(3)28(18-22-10-8-19(2)9-11-22)25(29)15-13-21-12-14-23(31-4)24(17-21)32-5/h8-12,14,17,20H,6-7,13,15-16,18H2,1-5H3,(H,27,30)/t20-/m1/s1. The van der Waals surface area contributed by atoms with Crippen LogP contribution in [0.1, 0.15) is 49.8 Å². The van der Waals surface area contributed by atoms with Crippen LogP contribution >= 0.6 is 0 Å². The molecule has 0 saturated heterocycles. The highest BCUT2D eigenvalue weighted by Crippen LogP contribution is 2.28. The fraction of sp³-hybridized carbons (Fsp3) is 0.462. The molecule has 0 aliphatic carbocycles. The Morgan fingerprint density at radius 1 is 1.00 bits per heavy atom. The normalized spacial score (nSPS) is 11.5. The minimum Gasteiger partial charge on any atom is -0.493 e. The van der Waals surface area contributed by atoms with Crippen molar-refractivity contribution in [3.8, 4) is 11.5 Å². The van der Waals surface area contributed by atoms with Crippen molar-refractivity contribution >= 4 is 11.8 Å². The lowest BCUT2D eigenvalue weighted by atomic mass is 10.1. The zero-order chi connectivity index (χ0) is 23.5. The van der Waals surface area contributed by atoms with Crippen LogP contribution in [0.15, 0.2) is 42.5 Å². The summed E-state index contributed by atoms with van der Waals surface area (Å²) in [6.07, 6.45) is 2.78. The molecule has 2 rings (SSSR count). The van der Waals surface area contributed by atoms with Gasteiger partial charge in [-0.1, -0.05) is 49.2 Å². The first-order valence-electron chi connectivity index (χ1n) is 11.2. The molecule has 0 aliphatic rings. The highest BCUT2D eigenvalue weighted by atomic mass is 16.5. The summed E-state index contributed by atoms with van der Waals surface area (Å²) in [6, 6.07) is 13.2. The summed E-state index contributed by atoms with van der Waals surface area (Å²) in [5.41, 5.74) is 3.14. The number of hydrogen-bond acceptors (Lipinski definition) is 4. The van der Waals surface area contributed by atoms with Crippen LogP contribution in [0.4, 0.5) is 0 Å². The van der Waals surface area contributed by atoms with E-state index in [0.29, 0.717) is 37.4 Å². The Bertz CT molecular complexity index is 880. The lowest BCUT2D eigenvalue weighted by molar-refractivity contribution is -0.140. The van der Waals surface area contributed by atoms with Crippen LogP contribution in [0.25, 0.3) is 0 Å². The summed E-state index contributed by atoms with van der Waals surface area (Å²) in [5.74, 6) is 1.11. The van der Waals surface area contributed by atoms with Crippen molar-refractivity contribution in [2.24, 2.45) is 0 Å². The molecule has 2 aromatic rings. The van der Waals surface area contributed by atoms with E-state index in [9.17, 15) is 9.59 Å². The van der Waals surface area contributed by atoms with Gasteiger partial charge in [0.2, 0.25) is 11.8 Å². The third kappa shape index (κ3) is 7.29. The van der Waals surface area contributed by atoms with Crippen LogP contribution in [0.3, 0.4) is 0 Å². The summed E-state index contributed by atoms with van der Waals surface area (Å²) >= 11 is 0. The number of rotatable bonds is 12. The number of methoxy groups -OCH3 is 2. The van der Waals surface area contributed by atoms with E-state index in [1.165, 1.54) is 0 Å². The summed E-state index contributed by atoms with van der Waals surface area (Å²) in [5, 5.41) is 2.95. The monoisotopic (exact) mass is 440 g/mol. The summed E-state index contributed by atoms with van der Waals surface area (Å²) in [4.78, 5) is 27.6. The molecule has 0 saturated carbocycles. The summed E-state index contributed by atoms with van der Waals surface area (Å²) < 4.78 is 10.6. The molecular formula is C26H36N2O4. The van der Waals surface area contributed by atoms with Gasteiger partial charge in [-0.05, 0) is 49.9 Å². The van der Waals surface area contributed by atoms with E-state index in [1.807, 2.05) is 49.4 Å². The van der Waals surface area contributed by atoms with Gasteiger partial charge in [0, 0.05) is 19.5 Å². The Balaban J connectivity index is 2.13. The molecule has 0 heterocycles. The molecule has 6 nitrogen and oxygen atoms in total. The molecule has 32 heavy (non-hydrogen) atoms. The van der Waals surface area contributed by atoms with Crippen LogP contribution in [0.2, 0.25) is 0 Å². The molecule has 1 atom stereocenters. The molecule has 2 aromatic carbocycles. The van der Waals surface area contributed by atoms with Gasteiger partial charge in [0.25, 0.3) is 0 Å². The third-order valence-corrected chi connectivity index (χ3v) is 5.55. The predicted octanol–water partition coefficient (Wildman–Crippen LogP) is 4.28. The van der Waals surface area contributed by atoms with Crippen molar-refractivity contribution in [3.63, 3.8) is 0 Å². The van der Waals surface area contributed by atoms with Gasteiger partial charge < -0.3 is 19.7 Å². The fourth-order valence-corrected chi connectivity index (χ4v) is 3.44. The maximum atomic E-state index is 13.2. The number of carbonyl (C=O) groups is 2. The Labute approximate surface area is 191 Å². The van der Waals surface area contributed by atoms with Gasteiger partial charge in [-0.15, -0.1) is 0 Å². The van der Waals surface area contributed by atoms with Crippen molar-refractivity contribution < 1.29 is 19.1 Å². The van der Waals surface area contributed by atoms with E-state index in [4.69, 9.17) is 9.47 Å². The second-order valence-electron chi connectivity index (χ2n) is 8.02. The molecule has 0 fully saturated rings. The molecule has 0 spiro atoms. The van der Waals surface area contributed by atoms with Gasteiger partial charge in [-0.3, -0.25) is 9.59 Å². The largest absolute Gasteiger partial charge is 0.493 e. The second kappa shape index (κ2) is 12.7. The maximum absolute atomic E-state index is 13.2. The van der Waals surface area contributed by atoms with E-state index >= 15 is 0 Å². The Morgan fingerprint density at radius 2 is 1.66 bits per heavy atom. The second-order valence-corrected chi connectivity index (χ2v) is 8.02. The number of benzene rings is 2. The average Bonchev–Trinajstić information content (AvgIpc) is 2.81. The molecular weight excluding hydrogens is 404 g/mol. The van der Waals surface area contributed by atoms with Crippen molar-refractivity contribution in [1.29, 1.82) is 0 Å². The quantitative estimate of drug-likeness (QED) is 0.500. The van der Waals surface area contributed by atoms with Crippen LogP contribution in [-0.4, -0.2) is 43.5 Å². The molecule has 174 valence electrons. The Kier molecular flexibility index (Phi) is 10.1. The van der Waals surface area contributed by atoms with Crippen LogP contribution in [0, 0.1) is 6.92 Å². The van der Waals surface area contributed by atoms with Gasteiger partial charge in [-0.2, -0.15) is 0 Å². The molecule has 1 N–H and O–H groups in total. The van der Waals surface area contributed by atoms with Crippen molar-refractivity contribution in [2.45, 2.75) is 59.0 Å². The van der Waals surface area contributed by atoms with Crippen LogP contribution < -0.4 is 14.8 Å². The maximum Gasteiger partial charge on any atom is 0.242 e. The lowest BCUT2D eigenvalue weighted by Gasteiger charge is -2.29. The molecule has 2 amide bonds. The predicted molar refractivity (Wildman–Crippen MR) is 127 cm³/mol. The number of aryl methyl sites for hydroxylation is 2. The van der Waals surface area contributed by atoms with Crippen LogP contribution in [0.5, 0.6) is 11.5 Å². The SMILES string of the molecule is CCCCNC(=O)[C@@H](C)N(Cc1ccc(C)cc1)C(=O)CCc1ccc(OC)c(OC)c1. The minimum absolute atomic E-state index is 0.0569. The van der Waals surface area contributed by atoms with Gasteiger partial charge in [0.15, 0.2) is 11.5 Å². The highest BCUT2D eigenvalue weighted by Gasteiger charge is 2.25. The number of amides is 2. The first-order chi connectivity index (χ1) is 15.4. The number of carbonyl (C=O) groups excluding carboxylic acids is 2. The van der Waals surface area contributed by atoms with E-state index < -0.39 is 6.04 Å². The van der Waals surface area contributed by atoms with Gasteiger partial charge >= 0.3 is 0 Å². The number of nitrogens with zero attached hydrogens (tertiary/aromatic N) is 1.